The molecule has 220 valence electrons. The molecule has 0 bridgehead atoms. The molecule has 2 aromatic rings. The number of allylic oxidation sites excluding steroid dienone is 1. The van der Waals surface area contributed by atoms with Crippen molar-refractivity contribution < 1.29 is 23.0 Å². The molecule has 1 atom stereocenters. The Bertz CT molecular complexity index is 1080. The predicted molar refractivity (Wildman–Crippen MR) is 156 cm³/mol. The Kier molecular flexibility index (Phi) is 11.6. The lowest BCUT2D eigenvalue weighted by molar-refractivity contribution is 0.0727. The summed E-state index contributed by atoms with van der Waals surface area (Å²) in [6.45, 7) is 6.23. The summed E-state index contributed by atoms with van der Waals surface area (Å²) < 4.78 is 50.5. The minimum absolute atomic E-state index is 0.0343. The van der Waals surface area contributed by atoms with Crippen LogP contribution in [0.2, 0.25) is 0 Å². The van der Waals surface area contributed by atoms with Gasteiger partial charge in [0.05, 0.1) is 12.7 Å². The van der Waals surface area contributed by atoms with Gasteiger partial charge in [0.2, 0.25) is 0 Å². The number of aliphatic hydroxyl groups excluding tert-OH is 1. The summed E-state index contributed by atoms with van der Waals surface area (Å²) in [5.74, 6) is -0.455. The van der Waals surface area contributed by atoms with Gasteiger partial charge in [-0.1, -0.05) is 37.6 Å². The lowest BCUT2D eigenvalue weighted by Gasteiger charge is -2.32. The van der Waals surface area contributed by atoms with Gasteiger partial charge in [-0.05, 0) is 136 Å². The van der Waals surface area contributed by atoms with Gasteiger partial charge in [-0.2, -0.15) is 0 Å². The van der Waals surface area contributed by atoms with Crippen molar-refractivity contribution >= 4 is 0 Å². The van der Waals surface area contributed by atoms with Crippen molar-refractivity contribution in [2.75, 3.05) is 6.61 Å². The van der Waals surface area contributed by atoms with Crippen LogP contribution in [-0.4, -0.2) is 17.8 Å². The van der Waals surface area contributed by atoms with Crippen molar-refractivity contribution in [3.63, 3.8) is 0 Å². The first-order chi connectivity index (χ1) is 19.4. The molecule has 2 saturated carbocycles. The normalized spacial score (nSPS) is 24.0. The molecule has 2 aliphatic rings. The highest BCUT2D eigenvalue weighted by Gasteiger charge is 2.31. The van der Waals surface area contributed by atoms with Gasteiger partial charge in [0.25, 0.3) is 0 Å². The van der Waals surface area contributed by atoms with Gasteiger partial charge in [0.1, 0.15) is 0 Å². The highest BCUT2D eigenvalue weighted by atomic mass is 19.2. The maximum absolute atomic E-state index is 15.3. The minimum atomic E-state index is -0.660. The van der Waals surface area contributed by atoms with Crippen LogP contribution in [0.15, 0.2) is 43.0 Å². The van der Waals surface area contributed by atoms with Crippen LogP contribution in [0.1, 0.15) is 119 Å². The van der Waals surface area contributed by atoms with Crippen LogP contribution in [0.25, 0.3) is 0 Å². The summed E-state index contributed by atoms with van der Waals surface area (Å²) in [4.78, 5) is 0. The Morgan fingerprint density at radius 2 is 1.55 bits per heavy atom. The van der Waals surface area contributed by atoms with E-state index < -0.39 is 11.6 Å². The van der Waals surface area contributed by atoms with Crippen LogP contribution >= 0.6 is 0 Å². The molecule has 5 heteroatoms. The molecule has 4 rings (SSSR count). The van der Waals surface area contributed by atoms with E-state index in [2.05, 4.69) is 13.5 Å². The zero-order chi connectivity index (χ0) is 28.5. The summed E-state index contributed by atoms with van der Waals surface area (Å²) in [6.07, 6.45) is 13.8. The number of benzene rings is 2. The van der Waals surface area contributed by atoms with Crippen molar-refractivity contribution in [3.8, 4) is 5.75 Å². The van der Waals surface area contributed by atoms with E-state index in [9.17, 15) is 9.50 Å². The monoisotopic (exact) mass is 556 g/mol. The predicted octanol–water partition coefficient (Wildman–Crippen LogP) is 9.79. The van der Waals surface area contributed by atoms with Crippen LogP contribution in [0, 0.1) is 29.3 Å². The first-order valence-electron chi connectivity index (χ1n) is 15.6. The van der Waals surface area contributed by atoms with E-state index in [4.69, 9.17) is 4.74 Å². The van der Waals surface area contributed by atoms with Crippen molar-refractivity contribution in [3.05, 3.63) is 77.1 Å². The standard InChI is InChI=1S/C35H47F3O2/c1-3-5-6-22-40-33-21-12-25(23-31(33)36)9-8-24-10-13-26(14-11-24)29-19-20-30(35(38)34(29)37)27-15-17-28(18-16-27)32(39)7-4-2/h3,12,19-21,23-24,26-28,32,39H,1,4-11,13-18,22H2,2H3. The molecule has 40 heavy (non-hydrogen) atoms. The second kappa shape index (κ2) is 15.1. The third-order valence-corrected chi connectivity index (χ3v) is 9.42. The van der Waals surface area contributed by atoms with E-state index in [1.165, 1.54) is 0 Å². The smallest absolute Gasteiger partial charge is 0.165 e. The molecule has 0 radical (unpaired) electrons. The maximum Gasteiger partial charge on any atom is 0.165 e. The van der Waals surface area contributed by atoms with Crippen LogP contribution in [0.3, 0.4) is 0 Å². The topological polar surface area (TPSA) is 29.5 Å². The SMILES string of the molecule is C=CCCCOc1ccc(CCC2CCC(c3ccc(C4CCC(C(O)CCC)CC4)c(F)c3F)CC2)cc1F. The van der Waals surface area contributed by atoms with Gasteiger partial charge in [-0.3, -0.25) is 0 Å². The van der Waals surface area contributed by atoms with Gasteiger partial charge >= 0.3 is 0 Å². The molecule has 0 aliphatic heterocycles. The molecular weight excluding hydrogens is 509 g/mol. The quantitative estimate of drug-likeness (QED) is 0.197. The molecule has 1 N–H and O–H groups in total. The lowest BCUT2D eigenvalue weighted by Crippen LogP contribution is -2.25. The van der Waals surface area contributed by atoms with Crippen LogP contribution in [-0.2, 0) is 6.42 Å². The third-order valence-electron chi connectivity index (χ3n) is 9.42. The van der Waals surface area contributed by atoms with Crippen LogP contribution in [0.5, 0.6) is 5.75 Å². The lowest BCUT2D eigenvalue weighted by atomic mass is 9.74. The van der Waals surface area contributed by atoms with E-state index in [0.29, 0.717) is 29.4 Å². The Morgan fingerprint density at radius 1 is 0.925 bits per heavy atom. The van der Waals surface area contributed by atoms with Gasteiger partial charge in [0, 0.05) is 0 Å². The number of halogens is 3. The second-order valence-corrected chi connectivity index (χ2v) is 12.1. The molecule has 0 saturated heterocycles. The second-order valence-electron chi connectivity index (χ2n) is 12.1. The molecule has 0 spiro atoms. The van der Waals surface area contributed by atoms with E-state index in [1.54, 1.807) is 12.1 Å². The molecule has 0 heterocycles. The Labute approximate surface area is 239 Å². The zero-order valence-electron chi connectivity index (χ0n) is 24.2. The number of unbranched alkanes of at least 4 members (excludes halogenated alkanes) is 1. The van der Waals surface area contributed by atoms with Gasteiger partial charge in [0.15, 0.2) is 23.2 Å². The molecule has 0 amide bonds. The van der Waals surface area contributed by atoms with Gasteiger partial charge < -0.3 is 9.84 Å². The first kappa shape index (κ1) is 30.7. The summed E-state index contributed by atoms with van der Waals surface area (Å²) >= 11 is 0. The number of ether oxygens (including phenoxy) is 1. The summed E-state index contributed by atoms with van der Waals surface area (Å²) in [6, 6.07) is 8.90. The van der Waals surface area contributed by atoms with E-state index in [-0.39, 0.29) is 29.7 Å². The molecule has 1 unspecified atom stereocenters. The fourth-order valence-electron chi connectivity index (χ4n) is 6.92. The Morgan fingerprint density at radius 3 is 2.12 bits per heavy atom. The molecule has 2 aromatic carbocycles. The Hall–Kier alpha value is -2.27. The van der Waals surface area contributed by atoms with Gasteiger partial charge in [-0.25, -0.2) is 13.2 Å². The fourth-order valence-corrected chi connectivity index (χ4v) is 6.92. The average Bonchev–Trinajstić information content (AvgIpc) is 2.97. The summed E-state index contributed by atoms with van der Waals surface area (Å²) in [5, 5.41) is 10.3. The number of hydrogen-bond acceptors (Lipinski definition) is 2. The highest BCUT2D eigenvalue weighted by molar-refractivity contribution is 5.32. The van der Waals surface area contributed by atoms with E-state index >= 15 is 8.78 Å². The molecule has 2 aliphatic carbocycles. The number of hydrogen-bond donors (Lipinski definition) is 1. The van der Waals surface area contributed by atoms with Crippen molar-refractivity contribution in [1.82, 2.24) is 0 Å². The molecule has 2 nitrogen and oxygen atoms in total. The zero-order valence-corrected chi connectivity index (χ0v) is 24.2. The third kappa shape index (κ3) is 7.93. The van der Waals surface area contributed by atoms with Crippen LogP contribution < -0.4 is 4.74 Å². The highest BCUT2D eigenvalue weighted by Crippen LogP contribution is 2.42. The summed E-state index contributed by atoms with van der Waals surface area (Å²) in [5.41, 5.74) is 2.01. The van der Waals surface area contributed by atoms with E-state index in [0.717, 1.165) is 95.5 Å². The maximum atomic E-state index is 15.3. The number of aliphatic hydroxyl groups is 1. The molecule has 2 fully saturated rings. The summed E-state index contributed by atoms with van der Waals surface area (Å²) in [7, 11) is 0. The largest absolute Gasteiger partial charge is 0.491 e. The Balaban J connectivity index is 1.25. The number of aryl methyl sites for hydroxylation is 1. The van der Waals surface area contributed by atoms with Crippen molar-refractivity contribution in [2.45, 2.75) is 115 Å². The molecular formula is C35H47F3O2. The van der Waals surface area contributed by atoms with Crippen molar-refractivity contribution in [1.29, 1.82) is 0 Å². The fraction of sp³-hybridized carbons (Fsp3) is 0.600. The van der Waals surface area contributed by atoms with E-state index in [1.807, 2.05) is 24.3 Å². The van der Waals surface area contributed by atoms with Gasteiger partial charge in [-0.15, -0.1) is 6.58 Å². The minimum Gasteiger partial charge on any atom is -0.491 e. The van der Waals surface area contributed by atoms with Crippen LogP contribution in [0.4, 0.5) is 13.2 Å². The number of rotatable bonds is 13. The van der Waals surface area contributed by atoms with Crippen molar-refractivity contribution in [2.24, 2.45) is 11.8 Å². The first-order valence-corrected chi connectivity index (χ1v) is 15.6. The molecule has 0 aromatic heterocycles. The average molecular weight is 557 g/mol.